The monoisotopic (exact) mass is 490 g/mol. The van der Waals surface area contributed by atoms with E-state index in [-0.39, 0.29) is 5.91 Å². The van der Waals surface area contributed by atoms with Crippen LogP contribution < -0.4 is 0 Å². The van der Waals surface area contributed by atoms with Crippen LogP contribution in [0.2, 0.25) is 0 Å². The molecule has 186 valence electrons. The summed E-state index contributed by atoms with van der Waals surface area (Å²) in [7, 11) is 0. The van der Waals surface area contributed by atoms with Gasteiger partial charge in [-0.2, -0.15) is 0 Å². The third kappa shape index (κ3) is 4.56. The van der Waals surface area contributed by atoms with Gasteiger partial charge in [0.2, 0.25) is 0 Å². The van der Waals surface area contributed by atoms with Gasteiger partial charge in [0.1, 0.15) is 5.65 Å². The molecule has 2 aromatic carbocycles. The third-order valence-corrected chi connectivity index (χ3v) is 7.23. The largest absolute Gasteiger partial charge is 0.459 e. The van der Waals surface area contributed by atoms with E-state index >= 15 is 0 Å². The topological polar surface area (TPSA) is 54.0 Å². The van der Waals surface area contributed by atoms with Crippen molar-refractivity contribution < 1.29 is 9.21 Å². The molecule has 1 aliphatic heterocycles. The molecule has 4 heterocycles. The molecule has 1 aliphatic rings. The van der Waals surface area contributed by atoms with E-state index in [1.807, 2.05) is 11.0 Å². The van der Waals surface area contributed by atoms with Crippen LogP contribution in [0.15, 0.2) is 89.7 Å². The number of furan rings is 1. The van der Waals surface area contributed by atoms with Crippen molar-refractivity contribution in [3.05, 3.63) is 108 Å². The van der Waals surface area contributed by atoms with Gasteiger partial charge in [-0.25, -0.2) is 4.98 Å². The summed E-state index contributed by atoms with van der Waals surface area (Å²) in [6.07, 6.45) is 3.77. The number of benzene rings is 2. The molecule has 0 saturated carbocycles. The van der Waals surface area contributed by atoms with Gasteiger partial charge in [0.05, 0.1) is 17.7 Å². The van der Waals surface area contributed by atoms with Gasteiger partial charge in [0.15, 0.2) is 5.76 Å². The fourth-order valence-electron chi connectivity index (χ4n) is 5.15. The first-order valence-electron chi connectivity index (χ1n) is 12.8. The van der Waals surface area contributed by atoms with Crippen LogP contribution in [-0.2, 0) is 6.54 Å². The number of aromatic nitrogens is 2. The van der Waals surface area contributed by atoms with Crippen LogP contribution in [0.1, 0.15) is 27.4 Å². The van der Waals surface area contributed by atoms with E-state index in [1.54, 1.807) is 18.4 Å². The van der Waals surface area contributed by atoms with Crippen LogP contribution in [-0.4, -0.2) is 51.3 Å². The summed E-state index contributed by atoms with van der Waals surface area (Å²) in [6, 6.07) is 24.8. The normalized spacial score (nSPS) is 14.4. The first-order valence-corrected chi connectivity index (χ1v) is 12.8. The number of nitrogens with zero attached hydrogens (tertiary/aromatic N) is 4. The number of carbonyl (C=O) groups excluding carboxylic acids is 1. The number of pyridine rings is 1. The molecule has 0 aliphatic carbocycles. The molecule has 0 spiro atoms. The average Bonchev–Trinajstić information content (AvgIpc) is 3.59. The molecule has 3 aromatic heterocycles. The van der Waals surface area contributed by atoms with Crippen molar-refractivity contribution >= 4 is 11.6 Å². The third-order valence-electron chi connectivity index (χ3n) is 7.23. The molecule has 6 nitrogen and oxygen atoms in total. The number of aryl methyl sites for hydroxylation is 2. The van der Waals surface area contributed by atoms with Gasteiger partial charge in [-0.3, -0.25) is 9.69 Å². The Morgan fingerprint density at radius 1 is 0.892 bits per heavy atom. The van der Waals surface area contributed by atoms with Crippen molar-refractivity contribution in [1.82, 2.24) is 19.2 Å². The van der Waals surface area contributed by atoms with E-state index in [0.29, 0.717) is 18.8 Å². The highest BCUT2D eigenvalue weighted by Gasteiger charge is 2.25. The molecular formula is C31H30N4O2. The number of fused-ring (bicyclic) bond motifs is 1. The maximum absolute atomic E-state index is 12.7. The molecular weight excluding hydrogens is 460 g/mol. The zero-order valence-electron chi connectivity index (χ0n) is 21.2. The van der Waals surface area contributed by atoms with E-state index in [9.17, 15) is 4.79 Å². The lowest BCUT2D eigenvalue weighted by Crippen LogP contribution is -2.48. The van der Waals surface area contributed by atoms with Gasteiger partial charge in [-0.15, -0.1) is 0 Å². The van der Waals surface area contributed by atoms with Crippen molar-refractivity contribution in [2.45, 2.75) is 20.4 Å². The molecule has 0 unspecified atom stereocenters. The first-order chi connectivity index (χ1) is 18.1. The van der Waals surface area contributed by atoms with E-state index in [4.69, 9.17) is 9.40 Å². The van der Waals surface area contributed by atoms with Crippen molar-refractivity contribution in [3.8, 4) is 22.4 Å². The SMILES string of the molecule is Cc1ccc(C)c(-c2ccc3nc(-c4ccccc4)c(CN4CCN(C(=O)c5ccco5)CC4)n3c2)c1. The lowest BCUT2D eigenvalue weighted by Gasteiger charge is -2.34. The number of piperazine rings is 1. The fraction of sp³-hybridized carbons (Fsp3) is 0.226. The summed E-state index contributed by atoms with van der Waals surface area (Å²) in [5.74, 6) is 0.364. The Hall–Kier alpha value is -4.16. The molecule has 0 radical (unpaired) electrons. The van der Waals surface area contributed by atoms with Crippen LogP contribution >= 0.6 is 0 Å². The van der Waals surface area contributed by atoms with Crippen molar-refractivity contribution in [2.24, 2.45) is 0 Å². The van der Waals surface area contributed by atoms with E-state index in [1.165, 1.54) is 27.9 Å². The molecule has 0 atom stereocenters. The second-order valence-corrected chi connectivity index (χ2v) is 9.78. The maximum Gasteiger partial charge on any atom is 0.289 e. The number of imidazole rings is 1. The molecule has 37 heavy (non-hydrogen) atoms. The highest BCUT2D eigenvalue weighted by Crippen LogP contribution is 2.30. The minimum atomic E-state index is -0.0393. The highest BCUT2D eigenvalue weighted by molar-refractivity contribution is 5.91. The molecule has 1 amide bonds. The molecule has 1 saturated heterocycles. The standard InChI is InChI=1S/C31H30N4O2/c1-22-10-11-23(2)26(19-22)25-12-13-29-32-30(24-7-4-3-5-8-24)27(35(29)20-25)21-33-14-16-34(17-15-33)31(36)28-9-6-18-37-28/h3-13,18-20H,14-17,21H2,1-2H3. The second kappa shape index (κ2) is 9.71. The number of rotatable bonds is 5. The van der Waals surface area contributed by atoms with Crippen molar-refractivity contribution in [2.75, 3.05) is 26.2 Å². The maximum atomic E-state index is 12.7. The summed E-state index contributed by atoms with van der Waals surface area (Å²) in [6.45, 7) is 7.98. The predicted molar refractivity (Wildman–Crippen MR) is 145 cm³/mol. The quantitative estimate of drug-likeness (QED) is 0.311. The van der Waals surface area contributed by atoms with E-state index in [0.717, 1.165) is 36.5 Å². The summed E-state index contributed by atoms with van der Waals surface area (Å²) in [5.41, 5.74) is 9.15. The molecule has 1 fully saturated rings. The zero-order chi connectivity index (χ0) is 25.4. The summed E-state index contributed by atoms with van der Waals surface area (Å²) >= 11 is 0. The van der Waals surface area contributed by atoms with Crippen LogP contribution in [0.5, 0.6) is 0 Å². The van der Waals surface area contributed by atoms with Crippen LogP contribution in [0, 0.1) is 13.8 Å². The van der Waals surface area contributed by atoms with Gasteiger partial charge >= 0.3 is 0 Å². The predicted octanol–water partition coefficient (Wildman–Crippen LogP) is 5.84. The molecule has 5 aromatic rings. The number of hydrogen-bond donors (Lipinski definition) is 0. The molecule has 0 bridgehead atoms. The lowest BCUT2D eigenvalue weighted by atomic mass is 10.00. The van der Waals surface area contributed by atoms with Gasteiger partial charge in [0.25, 0.3) is 5.91 Å². The van der Waals surface area contributed by atoms with Crippen molar-refractivity contribution in [1.29, 1.82) is 0 Å². The minimum absolute atomic E-state index is 0.0393. The zero-order valence-corrected chi connectivity index (χ0v) is 21.2. The van der Waals surface area contributed by atoms with Crippen LogP contribution in [0.25, 0.3) is 28.0 Å². The number of carbonyl (C=O) groups is 1. The number of hydrogen-bond acceptors (Lipinski definition) is 4. The number of amides is 1. The van der Waals surface area contributed by atoms with Gasteiger partial charge in [-0.1, -0.05) is 54.1 Å². The molecule has 6 heteroatoms. The first kappa shape index (κ1) is 23.3. The Morgan fingerprint density at radius 3 is 2.46 bits per heavy atom. The lowest BCUT2D eigenvalue weighted by molar-refractivity contribution is 0.0596. The van der Waals surface area contributed by atoms with Crippen LogP contribution in [0.4, 0.5) is 0 Å². The second-order valence-electron chi connectivity index (χ2n) is 9.78. The Labute approximate surface area is 216 Å². The van der Waals surface area contributed by atoms with Gasteiger partial charge in [0, 0.05) is 44.5 Å². The van der Waals surface area contributed by atoms with Gasteiger partial charge in [-0.05, 0) is 54.8 Å². The minimum Gasteiger partial charge on any atom is -0.459 e. The Kier molecular flexibility index (Phi) is 6.10. The fourth-order valence-corrected chi connectivity index (χ4v) is 5.15. The average molecular weight is 491 g/mol. The Morgan fingerprint density at radius 2 is 1.70 bits per heavy atom. The van der Waals surface area contributed by atoms with E-state index < -0.39 is 0 Å². The summed E-state index contributed by atoms with van der Waals surface area (Å²) < 4.78 is 7.57. The Bertz CT molecular complexity index is 1550. The molecule has 6 rings (SSSR count). The Balaban J connectivity index is 1.33. The van der Waals surface area contributed by atoms with Crippen molar-refractivity contribution in [3.63, 3.8) is 0 Å². The molecule has 0 N–H and O–H groups in total. The smallest absolute Gasteiger partial charge is 0.289 e. The van der Waals surface area contributed by atoms with E-state index in [2.05, 4.69) is 83.9 Å². The summed E-state index contributed by atoms with van der Waals surface area (Å²) in [5, 5.41) is 0. The van der Waals surface area contributed by atoms with Gasteiger partial charge < -0.3 is 13.7 Å². The summed E-state index contributed by atoms with van der Waals surface area (Å²) in [4.78, 5) is 22.1. The highest BCUT2D eigenvalue weighted by atomic mass is 16.3. The van der Waals surface area contributed by atoms with Crippen LogP contribution in [0.3, 0.4) is 0 Å².